The van der Waals surface area contributed by atoms with Crippen molar-refractivity contribution < 1.29 is 22.7 Å². The average molecular weight is 330 g/mol. The molecule has 1 rings (SSSR count). The van der Waals surface area contributed by atoms with Crippen LogP contribution in [0.5, 0.6) is 0 Å². The van der Waals surface area contributed by atoms with Gasteiger partial charge in [0, 0.05) is 33.4 Å². The van der Waals surface area contributed by atoms with E-state index in [0.717, 1.165) is 0 Å². The van der Waals surface area contributed by atoms with Gasteiger partial charge in [-0.05, 0) is 31.2 Å². The molecular weight excluding hydrogens is 308 g/mol. The number of carbonyl (C=O) groups is 1. The maximum Gasteiger partial charge on any atom is 0.240 e. The molecule has 22 heavy (non-hydrogen) atoms. The van der Waals surface area contributed by atoms with E-state index in [1.54, 1.807) is 6.92 Å². The molecule has 7 nitrogen and oxygen atoms in total. The van der Waals surface area contributed by atoms with E-state index >= 15 is 0 Å². The van der Waals surface area contributed by atoms with Gasteiger partial charge in [-0.15, -0.1) is 0 Å². The molecule has 2 N–H and O–H groups in total. The summed E-state index contributed by atoms with van der Waals surface area (Å²) in [5.74, 6) is -0.218. The molecule has 0 aliphatic heterocycles. The predicted octanol–water partition coefficient (Wildman–Crippen LogP) is 0.975. The van der Waals surface area contributed by atoms with Crippen molar-refractivity contribution in [2.45, 2.75) is 24.3 Å². The molecule has 124 valence electrons. The molecule has 1 aromatic carbocycles. The minimum absolute atomic E-state index is 0.0765. The molecule has 8 heteroatoms. The fraction of sp³-hybridized carbons (Fsp3) is 0.500. The lowest BCUT2D eigenvalue weighted by molar-refractivity contribution is -0.114. The van der Waals surface area contributed by atoms with Crippen molar-refractivity contribution in [2.24, 2.45) is 0 Å². The predicted molar refractivity (Wildman–Crippen MR) is 83.2 cm³/mol. The van der Waals surface area contributed by atoms with Gasteiger partial charge in [0.2, 0.25) is 15.9 Å². The van der Waals surface area contributed by atoms with Crippen LogP contribution in [0.2, 0.25) is 0 Å². The summed E-state index contributed by atoms with van der Waals surface area (Å²) in [4.78, 5) is 11.0. The number of rotatable bonds is 8. The number of benzene rings is 1. The molecule has 0 aromatic heterocycles. The average Bonchev–Trinajstić information content (AvgIpc) is 2.46. The number of hydrogen-bond acceptors (Lipinski definition) is 5. The Balaban J connectivity index is 2.80. The summed E-state index contributed by atoms with van der Waals surface area (Å²) in [6.45, 7) is 3.47. The van der Waals surface area contributed by atoms with Crippen molar-refractivity contribution in [1.82, 2.24) is 4.72 Å². The number of sulfonamides is 1. The van der Waals surface area contributed by atoms with Crippen LogP contribution in [-0.4, -0.2) is 47.3 Å². The summed E-state index contributed by atoms with van der Waals surface area (Å²) in [7, 11) is -0.649. The number of anilines is 1. The molecule has 0 unspecified atom stereocenters. The van der Waals surface area contributed by atoms with E-state index in [-0.39, 0.29) is 24.0 Å². The van der Waals surface area contributed by atoms with E-state index in [2.05, 4.69) is 10.0 Å². The van der Waals surface area contributed by atoms with E-state index in [9.17, 15) is 13.2 Å². The van der Waals surface area contributed by atoms with Crippen LogP contribution in [0.15, 0.2) is 29.2 Å². The van der Waals surface area contributed by atoms with E-state index in [0.29, 0.717) is 5.69 Å². The normalized spacial score (nSPS) is 14.4. The maximum atomic E-state index is 12.2. The fourth-order valence-corrected chi connectivity index (χ4v) is 2.90. The lowest BCUT2D eigenvalue weighted by Crippen LogP contribution is -2.45. The van der Waals surface area contributed by atoms with Gasteiger partial charge in [-0.25, -0.2) is 13.1 Å². The molecule has 0 bridgehead atoms. The van der Waals surface area contributed by atoms with Crippen LogP contribution in [0.3, 0.4) is 0 Å². The minimum Gasteiger partial charge on any atom is -0.382 e. The molecule has 0 saturated carbocycles. The van der Waals surface area contributed by atoms with Crippen LogP contribution in [0, 0.1) is 0 Å². The van der Waals surface area contributed by atoms with Crippen LogP contribution in [0.1, 0.15) is 13.8 Å². The van der Waals surface area contributed by atoms with Crippen LogP contribution in [-0.2, 0) is 24.3 Å². The maximum absolute atomic E-state index is 12.2. The second-order valence-corrected chi connectivity index (χ2v) is 6.88. The molecule has 0 fully saturated rings. The zero-order valence-corrected chi connectivity index (χ0v) is 14.0. The Morgan fingerprint density at radius 1 is 1.23 bits per heavy atom. The van der Waals surface area contributed by atoms with Crippen molar-refractivity contribution >= 4 is 21.6 Å². The van der Waals surface area contributed by atoms with E-state index in [1.165, 1.54) is 45.4 Å². The number of ether oxygens (including phenoxy) is 2. The zero-order valence-electron chi connectivity index (χ0n) is 13.2. The summed E-state index contributed by atoms with van der Waals surface area (Å²) in [6, 6.07) is 5.91. The van der Waals surface area contributed by atoms with Gasteiger partial charge < -0.3 is 14.8 Å². The lowest BCUT2D eigenvalue weighted by atomic mass is 10.1. The van der Waals surface area contributed by atoms with Gasteiger partial charge in [-0.2, -0.15) is 0 Å². The first-order valence-electron chi connectivity index (χ1n) is 6.64. The molecule has 1 atom stereocenters. The Morgan fingerprint density at radius 2 is 1.82 bits per heavy atom. The third-order valence-electron chi connectivity index (χ3n) is 3.06. The first-order valence-corrected chi connectivity index (χ1v) is 8.12. The number of carbonyl (C=O) groups excluding carboxylic acids is 1. The summed E-state index contributed by atoms with van der Waals surface area (Å²) in [5.41, 5.74) is -0.217. The van der Waals surface area contributed by atoms with Crippen LogP contribution in [0.25, 0.3) is 0 Å². The highest BCUT2D eigenvalue weighted by Gasteiger charge is 2.26. The van der Waals surface area contributed by atoms with Gasteiger partial charge in [0.25, 0.3) is 0 Å². The second kappa shape index (κ2) is 7.68. The van der Waals surface area contributed by atoms with Crippen LogP contribution < -0.4 is 10.0 Å². The number of methoxy groups -OCH3 is 2. The lowest BCUT2D eigenvalue weighted by Gasteiger charge is -2.27. The molecule has 0 heterocycles. The third-order valence-corrected chi connectivity index (χ3v) is 4.48. The van der Waals surface area contributed by atoms with Gasteiger partial charge >= 0.3 is 0 Å². The van der Waals surface area contributed by atoms with Gasteiger partial charge in [-0.1, -0.05) is 0 Å². The summed E-state index contributed by atoms with van der Waals surface area (Å²) >= 11 is 0. The third kappa shape index (κ3) is 5.38. The van der Waals surface area contributed by atoms with Gasteiger partial charge in [0.15, 0.2) is 0 Å². The Morgan fingerprint density at radius 3 is 2.27 bits per heavy atom. The van der Waals surface area contributed by atoms with Crippen molar-refractivity contribution in [3.05, 3.63) is 24.3 Å². The monoisotopic (exact) mass is 330 g/mol. The molecule has 0 aliphatic carbocycles. The van der Waals surface area contributed by atoms with Crippen molar-refractivity contribution in [3.8, 4) is 0 Å². The van der Waals surface area contributed by atoms with E-state index < -0.39 is 15.6 Å². The molecule has 0 aliphatic rings. The molecule has 1 amide bonds. The highest BCUT2D eigenvalue weighted by atomic mass is 32.2. The Labute approximate surface area is 131 Å². The zero-order chi connectivity index (χ0) is 16.8. The van der Waals surface area contributed by atoms with Gasteiger partial charge in [-0.3, -0.25) is 4.79 Å². The van der Waals surface area contributed by atoms with Gasteiger partial charge in [0.1, 0.15) is 5.60 Å². The summed E-state index contributed by atoms with van der Waals surface area (Å²) in [6.07, 6.45) is 0. The summed E-state index contributed by atoms with van der Waals surface area (Å²) in [5, 5.41) is 2.57. The number of nitrogens with one attached hydrogen (secondary N) is 2. The minimum atomic E-state index is -3.67. The van der Waals surface area contributed by atoms with E-state index in [1.807, 2.05) is 0 Å². The van der Waals surface area contributed by atoms with Gasteiger partial charge in [0.05, 0.1) is 11.5 Å². The Kier molecular flexibility index (Phi) is 6.48. The van der Waals surface area contributed by atoms with Crippen molar-refractivity contribution in [1.29, 1.82) is 0 Å². The smallest absolute Gasteiger partial charge is 0.240 e. The standard InChI is InChI=1S/C14H22N2O5S/c1-11(17)16-12-5-7-13(8-6-12)22(18,19)15-9-14(2,21-4)10-20-3/h5-8,15H,9-10H2,1-4H3,(H,16,17)/t14-/m1/s1. The van der Waals surface area contributed by atoms with Crippen LogP contribution >= 0.6 is 0 Å². The SMILES string of the molecule is COC[C@@](C)(CNS(=O)(=O)c1ccc(NC(C)=O)cc1)OC. The molecule has 0 radical (unpaired) electrons. The highest BCUT2D eigenvalue weighted by Crippen LogP contribution is 2.15. The first-order chi connectivity index (χ1) is 10.2. The number of hydrogen-bond donors (Lipinski definition) is 2. The second-order valence-electron chi connectivity index (χ2n) is 5.12. The molecule has 1 aromatic rings. The quantitative estimate of drug-likeness (QED) is 0.741. The van der Waals surface area contributed by atoms with Crippen LogP contribution in [0.4, 0.5) is 5.69 Å². The first kappa shape index (κ1) is 18.6. The molecule has 0 saturated heterocycles. The Bertz CT molecular complexity index is 600. The summed E-state index contributed by atoms with van der Waals surface area (Å²) < 4.78 is 37.3. The topological polar surface area (TPSA) is 93.7 Å². The molecule has 0 spiro atoms. The number of amides is 1. The fourth-order valence-electron chi connectivity index (χ4n) is 1.74. The van der Waals surface area contributed by atoms with Crippen molar-refractivity contribution in [3.63, 3.8) is 0 Å². The van der Waals surface area contributed by atoms with E-state index in [4.69, 9.17) is 9.47 Å². The van der Waals surface area contributed by atoms with Crippen molar-refractivity contribution in [2.75, 3.05) is 32.7 Å². The largest absolute Gasteiger partial charge is 0.382 e. The molecular formula is C14H22N2O5S. The highest BCUT2D eigenvalue weighted by molar-refractivity contribution is 7.89. The Hall–Kier alpha value is -1.48.